The van der Waals surface area contributed by atoms with Gasteiger partial charge in [0.1, 0.15) is 18.9 Å². The Morgan fingerprint density at radius 2 is 1.74 bits per heavy atom. The van der Waals surface area contributed by atoms with Crippen LogP contribution in [0.3, 0.4) is 0 Å². The molecule has 1 amide bonds. The number of nitrogens with zero attached hydrogens (tertiary/aromatic N) is 1. The molecule has 0 heterocycles. The standard InChI is InChI=1S/C20H26N2O4S/c1-15-9-11-18(12-10-15)26-14-17(3)21-20(23)13-22(27(4,24)25)19-8-6-5-7-16(19)2/h5-12,17H,13-14H2,1-4H3,(H,21,23). The molecule has 0 bridgehead atoms. The van der Waals surface area contributed by atoms with Crippen molar-refractivity contribution in [3.63, 3.8) is 0 Å². The van der Waals surface area contributed by atoms with Crippen molar-refractivity contribution in [3.8, 4) is 5.75 Å². The number of benzene rings is 2. The van der Waals surface area contributed by atoms with Crippen LogP contribution in [0.5, 0.6) is 5.75 Å². The molecule has 146 valence electrons. The lowest BCUT2D eigenvalue weighted by molar-refractivity contribution is -0.120. The summed E-state index contributed by atoms with van der Waals surface area (Å²) in [6.45, 7) is 5.62. The molecule has 0 aliphatic rings. The first-order valence-corrected chi connectivity index (χ1v) is 10.5. The number of nitrogens with one attached hydrogen (secondary N) is 1. The fourth-order valence-corrected chi connectivity index (χ4v) is 3.49. The summed E-state index contributed by atoms with van der Waals surface area (Å²) in [7, 11) is -3.59. The highest BCUT2D eigenvalue weighted by Crippen LogP contribution is 2.21. The quantitative estimate of drug-likeness (QED) is 0.752. The number of hydrogen-bond donors (Lipinski definition) is 1. The van der Waals surface area contributed by atoms with Crippen molar-refractivity contribution in [2.24, 2.45) is 0 Å². The van der Waals surface area contributed by atoms with Gasteiger partial charge in [-0.3, -0.25) is 9.10 Å². The maximum Gasteiger partial charge on any atom is 0.241 e. The largest absolute Gasteiger partial charge is 0.491 e. The summed E-state index contributed by atoms with van der Waals surface area (Å²) < 4.78 is 31.1. The van der Waals surface area contributed by atoms with Gasteiger partial charge in [-0.2, -0.15) is 0 Å². The van der Waals surface area contributed by atoms with Crippen LogP contribution in [0.25, 0.3) is 0 Å². The second-order valence-corrected chi connectivity index (χ2v) is 8.56. The van der Waals surface area contributed by atoms with Crippen LogP contribution in [0.1, 0.15) is 18.1 Å². The molecule has 2 aromatic carbocycles. The summed E-state index contributed by atoms with van der Waals surface area (Å²) in [5, 5.41) is 2.78. The molecule has 1 atom stereocenters. The van der Waals surface area contributed by atoms with Crippen molar-refractivity contribution in [2.45, 2.75) is 26.8 Å². The van der Waals surface area contributed by atoms with E-state index in [2.05, 4.69) is 5.32 Å². The van der Waals surface area contributed by atoms with Crippen LogP contribution in [0.2, 0.25) is 0 Å². The number of amides is 1. The first-order valence-electron chi connectivity index (χ1n) is 8.69. The topological polar surface area (TPSA) is 75.7 Å². The second-order valence-electron chi connectivity index (χ2n) is 6.65. The van der Waals surface area contributed by atoms with E-state index in [0.29, 0.717) is 5.69 Å². The Labute approximate surface area is 161 Å². The fourth-order valence-electron chi connectivity index (χ4n) is 2.57. The molecular formula is C20H26N2O4S. The Hall–Kier alpha value is -2.54. The lowest BCUT2D eigenvalue weighted by Crippen LogP contribution is -2.45. The molecule has 0 saturated heterocycles. The highest BCUT2D eigenvalue weighted by atomic mass is 32.2. The lowest BCUT2D eigenvalue weighted by Gasteiger charge is -2.24. The molecule has 0 aromatic heterocycles. The second kappa shape index (κ2) is 8.90. The summed E-state index contributed by atoms with van der Waals surface area (Å²) in [5.74, 6) is 0.336. The average Bonchev–Trinajstić information content (AvgIpc) is 2.59. The zero-order chi connectivity index (χ0) is 20.0. The average molecular weight is 391 g/mol. The molecule has 2 rings (SSSR count). The zero-order valence-corrected chi connectivity index (χ0v) is 16.9. The molecule has 0 radical (unpaired) electrons. The molecule has 2 aromatic rings. The zero-order valence-electron chi connectivity index (χ0n) is 16.1. The van der Waals surface area contributed by atoms with Gasteiger partial charge >= 0.3 is 0 Å². The fraction of sp³-hybridized carbons (Fsp3) is 0.350. The van der Waals surface area contributed by atoms with Gasteiger partial charge in [0.2, 0.25) is 15.9 Å². The maximum atomic E-state index is 12.4. The van der Waals surface area contributed by atoms with Gasteiger partial charge in [-0.05, 0) is 44.5 Å². The van der Waals surface area contributed by atoms with E-state index in [9.17, 15) is 13.2 Å². The third-order valence-electron chi connectivity index (χ3n) is 4.00. The van der Waals surface area contributed by atoms with Crippen molar-refractivity contribution in [1.29, 1.82) is 0 Å². The van der Waals surface area contributed by atoms with E-state index in [1.807, 2.05) is 57.2 Å². The number of ether oxygens (including phenoxy) is 1. The van der Waals surface area contributed by atoms with Crippen molar-refractivity contribution in [3.05, 3.63) is 59.7 Å². The number of para-hydroxylation sites is 1. The molecule has 0 aliphatic heterocycles. The smallest absolute Gasteiger partial charge is 0.241 e. The van der Waals surface area contributed by atoms with E-state index in [4.69, 9.17) is 4.74 Å². The van der Waals surface area contributed by atoms with E-state index in [-0.39, 0.29) is 25.1 Å². The van der Waals surface area contributed by atoms with Crippen LogP contribution >= 0.6 is 0 Å². The third-order valence-corrected chi connectivity index (χ3v) is 5.13. The van der Waals surface area contributed by atoms with Crippen molar-refractivity contribution in [1.82, 2.24) is 5.32 Å². The van der Waals surface area contributed by atoms with Crippen LogP contribution in [0.4, 0.5) is 5.69 Å². The maximum absolute atomic E-state index is 12.4. The monoisotopic (exact) mass is 390 g/mol. The molecule has 1 N–H and O–H groups in total. The SMILES string of the molecule is Cc1ccc(OCC(C)NC(=O)CN(c2ccccc2C)S(C)(=O)=O)cc1. The summed E-state index contributed by atoms with van der Waals surface area (Å²) >= 11 is 0. The number of hydrogen-bond acceptors (Lipinski definition) is 4. The van der Waals surface area contributed by atoms with Gasteiger partial charge in [-0.1, -0.05) is 35.9 Å². The molecule has 6 nitrogen and oxygen atoms in total. The molecule has 0 aliphatic carbocycles. The molecule has 7 heteroatoms. The highest BCUT2D eigenvalue weighted by molar-refractivity contribution is 7.92. The first-order chi connectivity index (χ1) is 12.7. The van der Waals surface area contributed by atoms with E-state index in [1.54, 1.807) is 12.1 Å². The van der Waals surface area contributed by atoms with Crippen LogP contribution in [-0.4, -0.2) is 39.8 Å². The van der Waals surface area contributed by atoms with Crippen molar-refractivity contribution in [2.75, 3.05) is 23.7 Å². The summed E-state index contributed by atoms with van der Waals surface area (Å²) in [6, 6.07) is 14.4. The molecule has 0 fully saturated rings. The molecule has 27 heavy (non-hydrogen) atoms. The molecular weight excluding hydrogens is 364 g/mol. The molecule has 1 unspecified atom stereocenters. The Morgan fingerprint density at radius 1 is 1.11 bits per heavy atom. The molecule has 0 spiro atoms. The van der Waals surface area contributed by atoms with Gasteiger partial charge in [0.25, 0.3) is 0 Å². The number of anilines is 1. The predicted molar refractivity (Wildman–Crippen MR) is 108 cm³/mol. The number of rotatable bonds is 8. The lowest BCUT2D eigenvalue weighted by atomic mass is 10.2. The predicted octanol–water partition coefficient (Wildman–Crippen LogP) is 2.65. The Balaban J connectivity index is 1.97. The van der Waals surface area contributed by atoms with Crippen LogP contribution in [-0.2, 0) is 14.8 Å². The third kappa shape index (κ3) is 6.29. The van der Waals surface area contributed by atoms with Gasteiger partial charge in [-0.15, -0.1) is 0 Å². The van der Waals surface area contributed by atoms with Gasteiger partial charge in [0.15, 0.2) is 0 Å². The van der Waals surface area contributed by atoms with Gasteiger partial charge < -0.3 is 10.1 Å². The van der Waals surface area contributed by atoms with E-state index >= 15 is 0 Å². The minimum absolute atomic E-state index is 0.267. The molecule has 0 saturated carbocycles. The minimum atomic E-state index is -3.59. The summed E-state index contributed by atoms with van der Waals surface area (Å²) in [6.07, 6.45) is 1.09. The minimum Gasteiger partial charge on any atom is -0.491 e. The highest BCUT2D eigenvalue weighted by Gasteiger charge is 2.22. The summed E-state index contributed by atoms with van der Waals surface area (Å²) in [4.78, 5) is 12.4. The van der Waals surface area contributed by atoms with Crippen molar-refractivity contribution >= 4 is 21.6 Å². The number of carbonyl (C=O) groups excluding carboxylic acids is 1. The van der Waals surface area contributed by atoms with Crippen LogP contribution in [0.15, 0.2) is 48.5 Å². The van der Waals surface area contributed by atoms with E-state index < -0.39 is 10.0 Å². The normalized spacial score (nSPS) is 12.3. The van der Waals surface area contributed by atoms with Crippen LogP contribution < -0.4 is 14.4 Å². The van der Waals surface area contributed by atoms with E-state index in [0.717, 1.165) is 27.4 Å². The summed E-state index contributed by atoms with van der Waals surface area (Å²) in [5.41, 5.74) is 2.42. The number of carbonyl (C=O) groups is 1. The Bertz CT molecular complexity index is 879. The van der Waals surface area contributed by atoms with Gasteiger partial charge in [0.05, 0.1) is 18.0 Å². The number of aryl methyl sites for hydroxylation is 2. The number of sulfonamides is 1. The van der Waals surface area contributed by atoms with Gasteiger partial charge in [0, 0.05) is 0 Å². The Morgan fingerprint density at radius 3 is 2.33 bits per heavy atom. The van der Waals surface area contributed by atoms with E-state index in [1.165, 1.54) is 0 Å². The first kappa shape index (κ1) is 20.8. The van der Waals surface area contributed by atoms with Crippen molar-refractivity contribution < 1.29 is 17.9 Å². The van der Waals surface area contributed by atoms with Crippen LogP contribution in [0, 0.1) is 13.8 Å². The van der Waals surface area contributed by atoms with Gasteiger partial charge in [-0.25, -0.2) is 8.42 Å². The Kier molecular flexibility index (Phi) is 6.85.